The first-order valence-corrected chi connectivity index (χ1v) is 10.5. The van der Waals surface area contributed by atoms with Crippen LogP contribution >= 0.6 is 23.2 Å². The van der Waals surface area contributed by atoms with Crippen molar-refractivity contribution in [1.82, 2.24) is 15.0 Å². The molecule has 1 amide bonds. The third kappa shape index (κ3) is 4.48. The van der Waals surface area contributed by atoms with Gasteiger partial charge in [0.15, 0.2) is 0 Å². The van der Waals surface area contributed by atoms with Crippen LogP contribution in [-0.4, -0.2) is 20.9 Å². The average Bonchev–Trinajstić information content (AvgIpc) is 3.16. The lowest BCUT2D eigenvalue weighted by Crippen LogP contribution is -2.12. The second-order valence-corrected chi connectivity index (χ2v) is 7.88. The average molecular weight is 439 g/mol. The van der Waals surface area contributed by atoms with E-state index in [-0.39, 0.29) is 5.91 Å². The first-order chi connectivity index (χ1) is 14.5. The van der Waals surface area contributed by atoms with E-state index in [0.29, 0.717) is 26.8 Å². The van der Waals surface area contributed by atoms with Crippen LogP contribution in [0.1, 0.15) is 35.7 Å². The molecule has 1 N–H and O–H groups in total. The standard InChI is InChI=1S/C23H20Cl2N4O/c1-2-3-4-15-5-9-18(10-6-15)29-27-21-12-8-17(14-22(21)28-29)26-23(30)19-11-7-16(24)13-20(19)25/h5-14H,2-4H2,1H3,(H,26,30). The molecule has 152 valence electrons. The zero-order valence-electron chi connectivity index (χ0n) is 16.4. The molecular formula is C23H20Cl2N4O. The Labute approximate surface area is 184 Å². The first-order valence-electron chi connectivity index (χ1n) is 9.76. The second kappa shape index (κ2) is 8.86. The molecule has 1 heterocycles. The van der Waals surface area contributed by atoms with Crippen LogP contribution in [0.2, 0.25) is 10.0 Å². The highest BCUT2D eigenvalue weighted by molar-refractivity contribution is 6.37. The van der Waals surface area contributed by atoms with Crippen molar-refractivity contribution >= 4 is 45.8 Å². The molecule has 0 bridgehead atoms. The quantitative estimate of drug-likeness (QED) is 0.382. The third-order valence-electron chi connectivity index (χ3n) is 4.80. The van der Waals surface area contributed by atoms with Crippen LogP contribution in [0.3, 0.4) is 0 Å². The molecule has 3 aromatic carbocycles. The van der Waals surface area contributed by atoms with Crippen LogP contribution in [0.15, 0.2) is 60.7 Å². The van der Waals surface area contributed by atoms with Gasteiger partial charge < -0.3 is 5.32 Å². The molecule has 0 fully saturated rings. The van der Waals surface area contributed by atoms with Gasteiger partial charge >= 0.3 is 0 Å². The number of carbonyl (C=O) groups excluding carboxylic acids is 1. The molecule has 0 spiro atoms. The van der Waals surface area contributed by atoms with Gasteiger partial charge in [0, 0.05) is 10.7 Å². The number of halogens is 2. The van der Waals surface area contributed by atoms with Gasteiger partial charge in [-0.3, -0.25) is 4.79 Å². The summed E-state index contributed by atoms with van der Waals surface area (Å²) in [5.41, 5.74) is 4.60. The Kier molecular flexibility index (Phi) is 6.02. The number of benzene rings is 3. The van der Waals surface area contributed by atoms with Gasteiger partial charge in [0.25, 0.3) is 5.91 Å². The number of aryl methyl sites for hydroxylation is 1. The van der Waals surface area contributed by atoms with Gasteiger partial charge in [-0.25, -0.2) is 0 Å². The topological polar surface area (TPSA) is 59.8 Å². The Morgan fingerprint density at radius 2 is 1.73 bits per heavy atom. The Hall–Kier alpha value is -2.89. The Morgan fingerprint density at radius 3 is 2.47 bits per heavy atom. The number of nitrogens with one attached hydrogen (secondary N) is 1. The number of amides is 1. The van der Waals surface area contributed by atoms with Crippen LogP contribution in [-0.2, 0) is 6.42 Å². The van der Waals surface area contributed by atoms with Crippen LogP contribution in [0, 0.1) is 0 Å². The predicted molar refractivity (Wildman–Crippen MR) is 122 cm³/mol. The lowest BCUT2D eigenvalue weighted by atomic mass is 10.1. The van der Waals surface area contributed by atoms with E-state index in [9.17, 15) is 4.79 Å². The molecule has 0 aliphatic heterocycles. The zero-order valence-corrected chi connectivity index (χ0v) is 17.9. The van der Waals surface area contributed by atoms with Crippen molar-refractivity contribution in [3.05, 3.63) is 81.8 Å². The molecule has 1 aromatic heterocycles. The molecule has 30 heavy (non-hydrogen) atoms. The fraction of sp³-hybridized carbons (Fsp3) is 0.174. The Balaban J connectivity index is 1.54. The van der Waals surface area contributed by atoms with Gasteiger partial charge in [0.05, 0.1) is 16.3 Å². The van der Waals surface area contributed by atoms with Gasteiger partial charge in [-0.15, -0.1) is 10.2 Å². The summed E-state index contributed by atoms with van der Waals surface area (Å²) in [5.74, 6) is -0.314. The van der Waals surface area contributed by atoms with Crippen LogP contribution in [0.4, 0.5) is 5.69 Å². The maximum absolute atomic E-state index is 12.5. The summed E-state index contributed by atoms with van der Waals surface area (Å²) in [4.78, 5) is 14.1. The van der Waals surface area contributed by atoms with E-state index in [0.717, 1.165) is 17.6 Å². The number of unbranched alkanes of at least 4 members (excludes halogenated alkanes) is 1. The predicted octanol–water partition coefficient (Wildman–Crippen LogP) is 6.32. The molecule has 0 atom stereocenters. The van der Waals surface area contributed by atoms with Crippen molar-refractivity contribution in [2.75, 3.05) is 5.32 Å². The minimum Gasteiger partial charge on any atom is -0.322 e. The van der Waals surface area contributed by atoms with E-state index in [1.807, 2.05) is 18.2 Å². The number of nitrogens with zero attached hydrogens (tertiary/aromatic N) is 3. The molecule has 0 saturated heterocycles. The van der Waals surface area contributed by atoms with Crippen molar-refractivity contribution in [1.29, 1.82) is 0 Å². The Morgan fingerprint density at radius 1 is 0.967 bits per heavy atom. The van der Waals surface area contributed by atoms with Crippen molar-refractivity contribution in [3.63, 3.8) is 0 Å². The van der Waals surface area contributed by atoms with Crippen LogP contribution < -0.4 is 5.32 Å². The molecular weight excluding hydrogens is 419 g/mol. The lowest BCUT2D eigenvalue weighted by molar-refractivity contribution is 0.102. The van der Waals surface area contributed by atoms with E-state index in [1.165, 1.54) is 18.4 Å². The monoisotopic (exact) mass is 438 g/mol. The molecule has 0 radical (unpaired) electrons. The summed E-state index contributed by atoms with van der Waals surface area (Å²) in [5, 5.41) is 12.7. The molecule has 7 heteroatoms. The second-order valence-electron chi connectivity index (χ2n) is 7.04. The van der Waals surface area contributed by atoms with E-state index < -0.39 is 0 Å². The molecule has 0 aliphatic carbocycles. The van der Waals surface area contributed by atoms with Gasteiger partial charge in [0.2, 0.25) is 0 Å². The van der Waals surface area contributed by atoms with Gasteiger partial charge in [-0.05, 0) is 66.9 Å². The van der Waals surface area contributed by atoms with Crippen molar-refractivity contribution < 1.29 is 4.79 Å². The lowest BCUT2D eigenvalue weighted by Gasteiger charge is -2.06. The maximum Gasteiger partial charge on any atom is 0.257 e. The van der Waals surface area contributed by atoms with Crippen LogP contribution in [0.5, 0.6) is 0 Å². The molecule has 0 aliphatic rings. The van der Waals surface area contributed by atoms with E-state index in [4.69, 9.17) is 23.2 Å². The first kappa shape index (κ1) is 20.4. The van der Waals surface area contributed by atoms with Crippen molar-refractivity contribution in [2.45, 2.75) is 26.2 Å². The SMILES string of the molecule is CCCCc1ccc(-n2nc3ccc(NC(=O)c4ccc(Cl)cc4Cl)cc3n2)cc1. The molecule has 5 nitrogen and oxygen atoms in total. The summed E-state index contributed by atoms with van der Waals surface area (Å²) in [7, 11) is 0. The molecule has 4 rings (SSSR count). The highest BCUT2D eigenvalue weighted by Gasteiger charge is 2.12. The summed E-state index contributed by atoms with van der Waals surface area (Å²) >= 11 is 12.0. The van der Waals surface area contributed by atoms with Crippen molar-refractivity contribution in [2.24, 2.45) is 0 Å². The molecule has 0 saturated carbocycles. The smallest absolute Gasteiger partial charge is 0.257 e. The highest BCUT2D eigenvalue weighted by atomic mass is 35.5. The summed E-state index contributed by atoms with van der Waals surface area (Å²) in [6.45, 7) is 2.19. The number of hydrogen-bond donors (Lipinski definition) is 1. The number of anilines is 1. The fourth-order valence-corrected chi connectivity index (χ4v) is 3.65. The van der Waals surface area contributed by atoms with E-state index in [2.05, 4.69) is 34.6 Å². The van der Waals surface area contributed by atoms with Crippen LogP contribution in [0.25, 0.3) is 16.7 Å². The number of fused-ring (bicyclic) bond motifs is 1. The number of aromatic nitrogens is 3. The number of carbonyl (C=O) groups is 1. The summed E-state index contributed by atoms with van der Waals surface area (Å²) in [6, 6.07) is 18.4. The molecule has 0 unspecified atom stereocenters. The summed E-state index contributed by atoms with van der Waals surface area (Å²) in [6.07, 6.45) is 3.43. The third-order valence-corrected chi connectivity index (χ3v) is 5.35. The van der Waals surface area contributed by atoms with E-state index >= 15 is 0 Å². The van der Waals surface area contributed by atoms with Gasteiger partial charge in [0.1, 0.15) is 11.0 Å². The zero-order chi connectivity index (χ0) is 21.1. The number of hydrogen-bond acceptors (Lipinski definition) is 3. The minimum absolute atomic E-state index is 0.300. The number of rotatable bonds is 6. The van der Waals surface area contributed by atoms with Crippen molar-refractivity contribution in [3.8, 4) is 5.69 Å². The normalized spacial score (nSPS) is 11.0. The summed E-state index contributed by atoms with van der Waals surface area (Å²) < 4.78 is 0. The Bertz CT molecular complexity index is 1200. The largest absolute Gasteiger partial charge is 0.322 e. The van der Waals surface area contributed by atoms with Gasteiger partial charge in [-0.1, -0.05) is 48.7 Å². The van der Waals surface area contributed by atoms with Gasteiger partial charge in [-0.2, -0.15) is 4.80 Å². The maximum atomic E-state index is 12.5. The van der Waals surface area contributed by atoms with E-state index in [1.54, 1.807) is 35.1 Å². The minimum atomic E-state index is -0.314. The fourth-order valence-electron chi connectivity index (χ4n) is 3.16. The molecule has 4 aromatic rings. The highest BCUT2D eigenvalue weighted by Crippen LogP contribution is 2.23.